The van der Waals surface area contributed by atoms with Crippen molar-refractivity contribution in [3.8, 4) is 0 Å². The fourth-order valence-electron chi connectivity index (χ4n) is 4.52. The van der Waals surface area contributed by atoms with Gasteiger partial charge in [0, 0.05) is 17.5 Å². The Kier molecular flexibility index (Phi) is 8.69. The highest BCUT2D eigenvalue weighted by Crippen LogP contribution is 2.30. The number of rotatable bonds is 9. The summed E-state index contributed by atoms with van der Waals surface area (Å²) in [6.07, 6.45) is 1.86. The van der Waals surface area contributed by atoms with Gasteiger partial charge >= 0.3 is 0 Å². The number of Topliss-reactive ketones (excluding diaryl/α,β-unsaturated/α-hetero) is 1. The van der Waals surface area contributed by atoms with Gasteiger partial charge < -0.3 is 10.6 Å². The van der Waals surface area contributed by atoms with E-state index in [0.29, 0.717) is 29.6 Å². The van der Waals surface area contributed by atoms with Gasteiger partial charge in [-0.05, 0) is 68.1 Å². The van der Waals surface area contributed by atoms with Gasteiger partial charge in [0.2, 0.25) is 5.91 Å². The first-order valence-electron chi connectivity index (χ1n) is 13.2. The van der Waals surface area contributed by atoms with E-state index < -0.39 is 17.4 Å². The van der Waals surface area contributed by atoms with Crippen LogP contribution in [0.4, 0.5) is 11.4 Å². The number of hydrogen-bond donors (Lipinski definition) is 2. The summed E-state index contributed by atoms with van der Waals surface area (Å²) in [5, 5.41) is 14.2. The molecule has 4 aromatic rings. The molecule has 0 radical (unpaired) electrons. The molecular weight excluding hydrogens is 526 g/mol. The van der Waals surface area contributed by atoms with Crippen LogP contribution in [0.2, 0.25) is 5.02 Å². The van der Waals surface area contributed by atoms with Gasteiger partial charge in [-0.1, -0.05) is 73.5 Å². The molecule has 1 atom stereocenters. The molecule has 0 aliphatic rings. The van der Waals surface area contributed by atoms with Crippen molar-refractivity contribution in [2.24, 2.45) is 5.41 Å². The third-order valence-electron chi connectivity index (χ3n) is 6.71. The lowest BCUT2D eigenvalue weighted by atomic mass is 9.86. The summed E-state index contributed by atoms with van der Waals surface area (Å²) in [6, 6.07) is 17.0. The summed E-state index contributed by atoms with van der Waals surface area (Å²) in [5.74, 6) is -1.07. The highest BCUT2D eigenvalue weighted by molar-refractivity contribution is 6.34. The standard InChI is InChI=1S/C31H34ClN5O3/c1-19-13-14-21(20(2)17-19)9-8-12-27(38)33-22-15-16-23(32)25(18-22)34-30(40)28(29(39)31(3,4)5)37-26-11-7-6-10-24(26)35-36-37/h6-7,10-11,13-18,28H,8-9,12H2,1-5H3,(H,33,38)(H,34,40). The molecule has 0 saturated carbocycles. The Morgan fingerprint density at radius 1 is 0.975 bits per heavy atom. The van der Waals surface area contributed by atoms with Crippen molar-refractivity contribution in [3.05, 3.63) is 82.4 Å². The molecule has 208 valence electrons. The second-order valence-electron chi connectivity index (χ2n) is 11.1. The minimum atomic E-state index is -1.27. The molecule has 40 heavy (non-hydrogen) atoms. The third-order valence-corrected chi connectivity index (χ3v) is 7.04. The van der Waals surface area contributed by atoms with Gasteiger partial charge in [0.05, 0.1) is 16.2 Å². The number of carbonyl (C=O) groups is 3. The van der Waals surface area contributed by atoms with Crippen molar-refractivity contribution in [1.29, 1.82) is 0 Å². The summed E-state index contributed by atoms with van der Waals surface area (Å²) in [5.41, 5.74) is 4.74. The Labute approximate surface area is 239 Å². The highest BCUT2D eigenvalue weighted by atomic mass is 35.5. The molecule has 0 spiro atoms. The SMILES string of the molecule is Cc1ccc(CCCC(=O)Nc2ccc(Cl)c(NC(=O)C(C(=O)C(C)(C)C)n3nnc4ccccc43)c2)c(C)c1. The number of halogens is 1. The largest absolute Gasteiger partial charge is 0.326 e. The van der Waals surface area contributed by atoms with Crippen LogP contribution in [0.3, 0.4) is 0 Å². The quantitative estimate of drug-likeness (QED) is 0.229. The maximum Gasteiger partial charge on any atom is 0.257 e. The molecule has 3 aromatic carbocycles. The van der Waals surface area contributed by atoms with Crippen LogP contribution in [0.25, 0.3) is 11.0 Å². The molecular formula is C31H34ClN5O3. The van der Waals surface area contributed by atoms with E-state index in [1.54, 1.807) is 57.2 Å². The second kappa shape index (κ2) is 12.0. The Hall–Kier alpha value is -4.04. The van der Waals surface area contributed by atoms with Gasteiger partial charge in [0.1, 0.15) is 5.52 Å². The highest BCUT2D eigenvalue weighted by Gasteiger charge is 2.38. The third kappa shape index (κ3) is 6.74. The zero-order valence-electron chi connectivity index (χ0n) is 23.4. The number of amides is 2. The molecule has 2 amide bonds. The fourth-order valence-corrected chi connectivity index (χ4v) is 4.68. The smallest absolute Gasteiger partial charge is 0.257 e. The van der Waals surface area contributed by atoms with Crippen LogP contribution < -0.4 is 10.6 Å². The maximum absolute atomic E-state index is 13.6. The van der Waals surface area contributed by atoms with Gasteiger partial charge in [0.25, 0.3) is 5.91 Å². The first kappa shape index (κ1) is 29.0. The minimum absolute atomic E-state index is 0.140. The van der Waals surface area contributed by atoms with Gasteiger partial charge in [-0.25, -0.2) is 4.68 Å². The number of nitrogens with one attached hydrogen (secondary N) is 2. The monoisotopic (exact) mass is 559 g/mol. The summed E-state index contributed by atoms with van der Waals surface area (Å²) >= 11 is 6.40. The first-order valence-corrected chi connectivity index (χ1v) is 13.6. The van der Waals surface area contributed by atoms with Crippen LogP contribution in [0.5, 0.6) is 0 Å². The number of fused-ring (bicyclic) bond motifs is 1. The summed E-state index contributed by atoms with van der Waals surface area (Å²) < 4.78 is 1.34. The molecule has 0 aliphatic heterocycles. The zero-order valence-corrected chi connectivity index (χ0v) is 24.2. The van der Waals surface area contributed by atoms with Crippen LogP contribution in [-0.2, 0) is 20.8 Å². The Bertz CT molecular complexity index is 1570. The summed E-state index contributed by atoms with van der Waals surface area (Å²) in [7, 11) is 0. The molecule has 0 fully saturated rings. The predicted molar refractivity (Wildman–Crippen MR) is 159 cm³/mol. The second-order valence-corrected chi connectivity index (χ2v) is 11.5. The van der Waals surface area contributed by atoms with Crippen LogP contribution in [0, 0.1) is 19.3 Å². The number of benzene rings is 3. The molecule has 8 nitrogen and oxygen atoms in total. The molecule has 0 bridgehead atoms. The Morgan fingerprint density at radius 2 is 1.73 bits per heavy atom. The Balaban J connectivity index is 1.48. The number of hydrogen-bond acceptors (Lipinski definition) is 5. The molecule has 9 heteroatoms. The van der Waals surface area contributed by atoms with Gasteiger partial charge in [-0.3, -0.25) is 14.4 Å². The first-order chi connectivity index (χ1) is 18.9. The summed E-state index contributed by atoms with van der Waals surface area (Å²) in [6.45, 7) is 9.39. The fraction of sp³-hybridized carbons (Fsp3) is 0.323. The average Bonchev–Trinajstić information content (AvgIpc) is 3.31. The molecule has 4 rings (SSSR count). The predicted octanol–water partition coefficient (Wildman–Crippen LogP) is 6.46. The van der Waals surface area contributed by atoms with E-state index in [-0.39, 0.29) is 22.4 Å². The number of aryl methyl sites for hydroxylation is 3. The van der Waals surface area contributed by atoms with Crippen LogP contribution >= 0.6 is 11.6 Å². The normalized spacial score (nSPS) is 12.2. The molecule has 1 aromatic heterocycles. The van der Waals surface area contributed by atoms with Crippen molar-refractivity contribution in [2.45, 2.75) is 59.9 Å². The van der Waals surface area contributed by atoms with E-state index in [9.17, 15) is 14.4 Å². The number of aromatic nitrogens is 3. The van der Waals surface area contributed by atoms with Crippen molar-refractivity contribution in [2.75, 3.05) is 10.6 Å². The van der Waals surface area contributed by atoms with E-state index in [4.69, 9.17) is 11.6 Å². The van der Waals surface area contributed by atoms with Crippen LogP contribution in [-0.4, -0.2) is 32.6 Å². The van der Waals surface area contributed by atoms with E-state index >= 15 is 0 Å². The van der Waals surface area contributed by atoms with Crippen molar-refractivity contribution >= 4 is 51.6 Å². The molecule has 1 unspecified atom stereocenters. The number of ketones is 1. The summed E-state index contributed by atoms with van der Waals surface area (Å²) in [4.78, 5) is 39.7. The van der Waals surface area contributed by atoms with Gasteiger partial charge in [-0.2, -0.15) is 0 Å². The average molecular weight is 560 g/mol. The van der Waals surface area contributed by atoms with Crippen LogP contribution in [0.15, 0.2) is 60.7 Å². The van der Waals surface area contributed by atoms with E-state index in [0.717, 1.165) is 6.42 Å². The van der Waals surface area contributed by atoms with Crippen molar-refractivity contribution in [1.82, 2.24) is 15.0 Å². The number of nitrogens with zero attached hydrogens (tertiary/aromatic N) is 3. The maximum atomic E-state index is 13.6. The minimum Gasteiger partial charge on any atom is -0.326 e. The van der Waals surface area contributed by atoms with E-state index in [1.807, 2.05) is 6.07 Å². The van der Waals surface area contributed by atoms with Crippen molar-refractivity contribution < 1.29 is 14.4 Å². The van der Waals surface area contributed by atoms with Gasteiger partial charge in [0.15, 0.2) is 11.8 Å². The lowest BCUT2D eigenvalue weighted by Crippen LogP contribution is -2.39. The van der Waals surface area contributed by atoms with E-state index in [2.05, 4.69) is 53.0 Å². The number of para-hydroxylation sites is 1. The van der Waals surface area contributed by atoms with Crippen LogP contribution in [0.1, 0.15) is 56.3 Å². The van der Waals surface area contributed by atoms with E-state index in [1.165, 1.54) is 21.4 Å². The molecule has 0 saturated heterocycles. The molecule has 2 N–H and O–H groups in total. The Morgan fingerprint density at radius 3 is 2.45 bits per heavy atom. The zero-order chi connectivity index (χ0) is 29.0. The lowest BCUT2D eigenvalue weighted by Gasteiger charge is -2.24. The number of anilines is 2. The number of carbonyl (C=O) groups excluding carboxylic acids is 3. The van der Waals surface area contributed by atoms with Crippen molar-refractivity contribution in [3.63, 3.8) is 0 Å². The lowest BCUT2D eigenvalue weighted by molar-refractivity contribution is -0.135. The van der Waals surface area contributed by atoms with Gasteiger partial charge in [-0.15, -0.1) is 5.10 Å². The topological polar surface area (TPSA) is 106 Å². The molecule has 0 aliphatic carbocycles. The molecule has 1 heterocycles.